The maximum atomic E-state index is 13.6. The minimum atomic E-state index is -4.05. The summed E-state index contributed by atoms with van der Waals surface area (Å²) in [5, 5.41) is 8.62. The second kappa shape index (κ2) is 7.71. The van der Waals surface area contributed by atoms with Gasteiger partial charge in [0.2, 0.25) is 0 Å². The van der Waals surface area contributed by atoms with Crippen molar-refractivity contribution in [1.29, 1.82) is 0 Å². The first-order valence-corrected chi connectivity index (χ1v) is 7.54. The summed E-state index contributed by atoms with van der Waals surface area (Å²) in [6.07, 6.45) is 3.06. The number of aliphatic carboxylic acids is 1. The van der Waals surface area contributed by atoms with Gasteiger partial charge in [-0.3, -0.25) is 4.79 Å². The summed E-state index contributed by atoms with van der Waals surface area (Å²) in [6.45, 7) is 3.36. The molecule has 0 aromatic heterocycles. The van der Waals surface area contributed by atoms with Crippen molar-refractivity contribution in [2.45, 2.75) is 70.8 Å². The van der Waals surface area contributed by atoms with Crippen LogP contribution in [0.2, 0.25) is 0 Å². The molecule has 6 heteroatoms. The summed E-state index contributed by atoms with van der Waals surface area (Å²) in [6, 6.07) is 0. The van der Waals surface area contributed by atoms with E-state index in [4.69, 9.17) is 9.84 Å². The van der Waals surface area contributed by atoms with E-state index in [0.717, 1.165) is 32.1 Å². The zero-order valence-corrected chi connectivity index (χ0v) is 12.6. The SMILES string of the molecule is CC(C)CC(OC(=O)CC1CCCCC1)C(F)(F)C(=O)O. The van der Waals surface area contributed by atoms with Gasteiger partial charge in [-0.2, -0.15) is 8.78 Å². The van der Waals surface area contributed by atoms with Gasteiger partial charge < -0.3 is 9.84 Å². The van der Waals surface area contributed by atoms with Crippen LogP contribution in [0.1, 0.15) is 58.8 Å². The Labute approximate surface area is 123 Å². The minimum Gasteiger partial charge on any atom is -0.477 e. The third-order valence-electron chi connectivity index (χ3n) is 3.83. The second-order valence-electron chi connectivity index (χ2n) is 6.24. The van der Waals surface area contributed by atoms with Crippen LogP contribution >= 0.6 is 0 Å². The first-order valence-electron chi connectivity index (χ1n) is 7.54. The van der Waals surface area contributed by atoms with Crippen molar-refractivity contribution in [3.8, 4) is 0 Å². The summed E-state index contributed by atoms with van der Waals surface area (Å²) in [4.78, 5) is 22.5. The fraction of sp³-hybridized carbons (Fsp3) is 0.867. The van der Waals surface area contributed by atoms with E-state index in [0.29, 0.717) is 0 Å². The maximum absolute atomic E-state index is 13.6. The lowest BCUT2D eigenvalue weighted by molar-refractivity contribution is -0.195. The van der Waals surface area contributed by atoms with Gasteiger partial charge in [0, 0.05) is 6.42 Å². The molecule has 1 fully saturated rings. The topological polar surface area (TPSA) is 63.6 Å². The summed E-state index contributed by atoms with van der Waals surface area (Å²) >= 11 is 0. The number of carbonyl (C=O) groups excluding carboxylic acids is 1. The number of carboxylic acids is 1. The number of esters is 1. The fourth-order valence-electron chi connectivity index (χ4n) is 2.67. The molecule has 122 valence electrons. The average Bonchev–Trinajstić information content (AvgIpc) is 2.38. The van der Waals surface area contributed by atoms with E-state index in [1.165, 1.54) is 0 Å². The fourth-order valence-corrected chi connectivity index (χ4v) is 2.67. The molecule has 1 saturated carbocycles. The van der Waals surface area contributed by atoms with Crippen molar-refractivity contribution < 1.29 is 28.2 Å². The molecule has 0 heterocycles. The van der Waals surface area contributed by atoms with Gasteiger partial charge in [-0.25, -0.2) is 4.79 Å². The largest absolute Gasteiger partial charge is 0.477 e. The molecule has 1 atom stereocenters. The number of halogens is 2. The molecule has 1 aliphatic carbocycles. The summed E-state index contributed by atoms with van der Waals surface area (Å²) in [5.74, 6) is -7.04. The van der Waals surface area contributed by atoms with E-state index >= 15 is 0 Å². The highest BCUT2D eigenvalue weighted by atomic mass is 19.3. The Kier molecular flexibility index (Phi) is 6.55. The third-order valence-corrected chi connectivity index (χ3v) is 3.83. The van der Waals surface area contributed by atoms with Crippen LogP contribution in [0.3, 0.4) is 0 Å². The van der Waals surface area contributed by atoms with Crippen LogP contribution in [0.4, 0.5) is 8.78 Å². The molecule has 0 saturated heterocycles. The maximum Gasteiger partial charge on any atom is 0.378 e. The van der Waals surface area contributed by atoms with Crippen LogP contribution < -0.4 is 0 Å². The van der Waals surface area contributed by atoms with Gasteiger partial charge >= 0.3 is 17.9 Å². The van der Waals surface area contributed by atoms with E-state index in [1.54, 1.807) is 13.8 Å². The number of hydrogen-bond donors (Lipinski definition) is 1. The molecule has 0 amide bonds. The molecule has 21 heavy (non-hydrogen) atoms. The Hall–Kier alpha value is -1.20. The van der Waals surface area contributed by atoms with Crippen molar-refractivity contribution in [2.75, 3.05) is 0 Å². The number of ether oxygens (including phenoxy) is 1. The molecule has 1 N–H and O–H groups in total. The highest BCUT2D eigenvalue weighted by molar-refractivity contribution is 5.77. The molecule has 0 bridgehead atoms. The highest BCUT2D eigenvalue weighted by Crippen LogP contribution is 2.30. The molecule has 4 nitrogen and oxygen atoms in total. The Morgan fingerprint density at radius 3 is 2.29 bits per heavy atom. The second-order valence-corrected chi connectivity index (χ2v) is 6.24. The first kappa shape index (κ1) is 17.9. The number of carbonyl (C=O) groups is 2. The molecule has 0 aromatic carbocycles. The molecule has 1 rings (SSSR count). The molecule has 0 radical (unpaired) electrons. The standard InChI is InChI=1S/C15H24F2O4/c1-10(2)8-12(15(16,17)14(19)20)21-13(18)9-11-6-4-3-5-7-11/h10-12H,3-9H2,1-2H3,(H,19,20). The van der Waals surface area contributed by atoms with E-state index in [-0.39, 0.29) is 24.7 Å². The number of rotatable bonds is 7. The summed E-state index contributed by atoms with van der Waals surface area (Å²) < 4.78 is 32.1. The van der Waals surface area contributed by atoms with Crippen molar-refractivity contribution in [1.82, 2.24) is 0 Å². The number of alkyl halides is 2. The lowest BCUT2D eigenvalue weighted by Gasteiger charge is -2.26. The van der Waals surface area contributed by atoms with Gasteiger partial charge in [0.05, 0.1) is 0 Å². The highest BCUT2D eigenvalue weighted by Gasteiger charge is 2.50. The van der Waals surface area contributed by atoms with Crippen molar-refractivity contribution in [2.24, 2.45) is 11.8 Å². The van der Waals surface area contributed by atoms with Crippen LogP contribution in [0.15, 0.2) is 0 Å². The number of carboxylic acid groups (broad SMARTS) is 1. The van der Waals surface area contributed by atoms with E-state index in [1.807, 2.05) is 0 Å². The molecular weight excluding hydrogens is 282 g/mol. The van der Waals surface area contributed by atoms with Crippen molar-refractivity contribution >= 4 is 11.9 Å². The molecular formula is C15H24F2O4. The van der Waals surface area contributed by atoms with Crippen LogP contribution in [0.5, 0.6) is 0 Å². The van der Waals surface area contributed by atoms with Gasteiger partial charge in [-0.15, -0.1) is 0 Å². The van der Waals surface area contributed by atoms with Crippen LogP contribution in [-0.2, 0) is 14.3 Å². The zero-order valence-electron chi connectivity index (χ0n) is 12.6. The first-order chi connectivity index (χ1) is 9.73. The number of hydrogen-bond acceptors (Lipinski definition) is 3. The Morgan fingerprint density at radius 2 is 1.81 bits per heavy atom. The molecule has 0 aromatic rings. The third kappa shape index (κ3) is 5.59. The van der Waals surface area contributed by atoms with Crippen LogP contribution in [-0.4, -0.2) is 29.1 Å². The zero-order chi connectivity index (χ0) is 16.0. The Morgan fingerprint density at radius 1 is 1.24 bits per heavy atom. The average molecular weight is 306 g/mol. The predicted molar refractivity (Wildman–Crippen MR) is 73.1 cm³/mol. The molecule has 1 aliphatic rings. The van der Waals surface area contributed by atoms with Crippen molar-refractivity contribution in [3.05, 3.63) is 0 Å². The van der Waals surface area contributed by atoms with Crippen LogP contribution in [0.25, 0.3) is 0 Å². The quantitative estimate of drug-likeness (QED) is 0.729. The van der Waals surface area contributed by atoms with E-state index in [2.05, 4.69) is 0 Å². The summed E-state index contributed by atoms with van der Waals surface area (Å²) in [5.41, 5.74) is 0. The van der Waals surface area contributed by atoms with Crippen LogP contribution in [0, 0.1) is 11.8 Å². The van der Waals surface area contributed by atoms with E-state index in [9.17, 15) is 18.4 Å². The Bertz CT molecular complexity index is 363. The monoisotopic (exact) mass is 306 g/mol. The molecule has 0 aliphatic heterocycles. The van der Waals surface area contributed by atoms with E-state index < -0.39 is 24.0 Å². The predicted octanol–water partition coefficient (Wildman–Crippen LogP) is 3.63. The Balaban J connectivity index is 2.62. The normalized spacial score (nSPS) is 18.5. The van der Waals surface area contributed by atoms with Crippen molar-refractivity contribution in [3.63, 3.8) is 0 Å². The lowest BCUT2D eigenvalue weighted by Crippen LogP contribution is -2.45. The van der Waals surface area contributed by atoms with Gasteiger partial charge in [0.15, 0.2) is 6.10 Å². The lowest BCUT2D eigenvalue weighted by atomic mass is 9.87. The summed E-state index contributed by atoms with van der Waals surface area (Å²) in [7, 11) is 0. The minimum absolute atomic E-state index is 0.101. The molecule has 1 unspecified atom stereocenters. The van der Waals surface area contributed by atoms with Gasteiger partial charge in [-0.1, -0.05) is 33.1 Å². The van der Waals surface area contributed by atoms with Gasteiger partial charge in [0.1, 0.15) is 0 Å². The van der Waals surface area contributed by atoms with Gasteiger partial charge in [0.25, 0.3) is 0 Å². The van der Waals surface area contributed by atoms with Gasteiger partial charge in [-0.05, 0) is 31.1 Å². The molecule has 0 spiro atoms. The smallest absolute Gasteiger partial charge is 0.378 e.